The Labute approximate surface area is 135 Å². The molecule has 1 aromatic rings. The number of carbonyl (C=O) groups excluding carboxylic acids is 1. The zero-order chi connectivity index (χ0) is 13.7. The maximum Gasteiger partial charge on any atom is 0.225 e. The van der Waals surface area contributed by atoms with Gasteiger partial charge in [0.15, 0.2) is 0 Å². The molecule has 1 aliphatic rings. The van der Waals surface area contributed by atoms with E-state index in [1.54, 1.807) is 0 Å². The second kappa shape index (κ2) is 8.65. The Morgan fingerprint density at radius 3 is 2.75 bits per heavy atom. The van der Waals surface area contributed by atoms with Crippen LogP contribution in [0.4, 0.5) is 5.69 Å². The lowest BCUT2D eigenvalue weighted by Gasteiger charge is -2.30. The molecule has 1 aromatic carbocycles. The lowest BCUT2D eigenvalue weighted by Crippen LogP contribution is -3.00. The molecule has 1 amide bonds. The van der Waals surface area contributed by atoms with E-state index in [0.29, 0.717) is 6.42 Å². The molecule has 1 N–H and O–H groups in total. The molecular formula is C15H21BrClN2O-. The molecule has 0 aliphatic carbocycles. The first-order chi connectivity index (χ1) is 9.13. The number of hydrogen-bond acceptors (Lipinski definition) is 2. The van der Waals surface area contributed by atoms with Gasteiger partial charge in [-0.05, 0) is 49.6 Å². The topological polar surface area (TPSA) is 32.3 Å². The maximum atomic E-state index is 11.9. The maximum absolute atomic E-state index is 11.9. The van der Waals surface area contributed by atoms with Crippen molar-refractivity contribution in [2.75, 3.05) is 25.0 Å². The third kappa shape index (κ3) is 5.81. The number of rotatable bonds is 4. The van der Waals surface area contributed by atoms with Crippen LogP contribution >= 0.6 is 15.9 Å². The molecule has 3 nitrogen and oxygen atoms in total. The quantitative estimate of drug-likeness (QED) is 0.849. The van der Waals surface area contributed by atoms with Crippen molar-refractivity contribution in [3.8, 4) is 0 Å². The van der Waals surface area contributed by atoms with Crippen LogP contribution in [0.25, 0.3) is 0 Å². The normalized spacial score (nSPS) is 19.2. The van der Waals surface area contributed by atoms with Gasteiger partial charge in [0.05, 0.1) is 0 Å². The van der Waals surface area contributed by atoms with Gasteiger partial charge in [-0.1, -0.05) is 22.9 Å². The van der Waals surface area contributed by atoms with Gasteiger partial charge in [-0.2, -0.15) is 0 Å². The lowest BCUT2D eigenvalue weighted by molar-refractivity contribution is -0.116. The van der Waals surface area contributed by atoms with E-state index < -0.39 is 0 Å². The first kappa shape index (κ1) is 17.5. The monoisotopic (exact) mass is 359 g/mol. The van der Waals surface area contributed by atoms with E-state index in [4.69, 9.17) is 0 Å². The molecular weight excluding hydrogens is 340 g/mol. The van der Waals surface area contributed by atoms with Gasteiger partial charge in [-0.15, -0.1) is 0 Å². The molecule has 1 atom stereocenters. The van der Waals surface area contributed by atoms with Gasteiger partial charge in [-0.3, -0.25) is 4.79 Å². The molecule has 20 heavy (non-hydrogen) atoms. The van der Waals surface area contributed by atoms with E-state index >= 15 is 0 Å². The van der Waals surface area contributed by atoms with E-state index in [-0.39, 0.29) is 18.3 Å². The smallest absolute Gasteiger partial charge is 0.225 e. The fourth-order valence-corrected chi connectivity index (χ4v) is 2.77. The van der Waals surface area contributed by atoms with E-state index in [0.717, 1.165) is 35.7 Å². The van der Waals surface area contributed by atoms with Crippen LogP contribution in [0.2, 0.25) is 0 Å². The van der Waals surface area contributed by atoms with E-state index in [1.165, 1.54) is 12.8 Å². The summed E-state index contributed by atoms with van der Waals surface area (Å²) in [4.78, 5) is 14.3. The Morgan fingerprint density at radius 2 is 2.10 bits per heavy atom. The van der Waals surface area contributed by atoms with E-state index in [9.17, 15) is 4.79 Å². The minimum absolute atomic E-state index is 0. The Balaban J connectivity index is 0.00000200. The highest BCUT2D eigenvalue weighted by atomic mass is 79.9. The summed E-state index contributed by atoms with van der Waals surface area (Å²) < 4.78 is 1.02. The van der Waals surface area contributed by atoms with Gasteiger partial charge < -0.3 is 22.6 Å². The highest BCUT2D eigenvalue weighted by Gasteiger charge is 2.16. The van der Waals surface area contributed by atoms with Crippen molar-refractivity contribution in [3.63, 3.8) is 0 Å². The Kier molecular flexibility index (Phi) is 7.56. The van der Waals surface area contributed by atoms with Crippen LogP contribution < -0.4 is 17.7 Å². The van der Waals surface area contributed by atoms with Crippen LogP contribution in [0.3, 0.4) is 0 Å². The Morgan fingerprint density at radius 1 is 1.40 bits per heavy atom. The first-order valence-electron chi connectivity index (χ1n) is 6.91. The number of nitrogens with one attached hydrogen (secondary N) is 1. The number of anilines is 1. The number of hydrogen-bond donors (Lipinski definition) is 1. The minimum atomic E-state index is 0. The van der Waals surface area contributed by atoms with Crippen LogP contribution in [0.5, 0.6) is 0 Å². The van der Waals surface area contributed by atoms with Crippen molar-refractivity contribution in [2.24, 2.45) is 5.92 Å². The molecule has 1 aliphatic heterocycles. The molecule has 1 heterocycles. The van der Waals surface area contributed by atoms with Gasteiger partial charge in [0.25, 0.3) is 0 Å². The zero-order valence-corrected chi connectivity index (χ0v) is 14.1. The third-order valence-electron chi connectivity index (χ3n) is 3.52. The van der Waals surface area contributed by atoms with Gasteiger partial charge in [0.2, 0.25) is 5.91 Å². The molecule has 1 saturated heterocycles. The highest BCUT2D eigenvalue weighted by Crippen LogP contribution is 2.16. The Hall–Kier alpha value is -0.580. The van der Waals surface area contributed by atoms with Gasteiger partial charge in [0, 0.05) is 29.7 Å². The highest BCUT2D eigenvalue weighted by molar-refractivity contribution is 9.10. The van der Waals surface area contributed by atoms with Crippen LogP contribution in [-0.2, 0) is 4.79 Å². The van der Waals surface area contributed by atoms with Crippen molar-refractivity contribution < 1.29 is 17.2 Å². The summed E-state index contributed by atoms with van der Waals surface area (Å²) in [7, 11) is 0. The summed E-state index contributed by atoms with van der Waals surface area (Å²) in [5.41, 5.74) is 0.861. The number of amides is 1. The summed E-state index contributed by atoms with van der Waals surface area (Å²) in [5.74, 6) is 0.865. The second-order valence-corrected chi connectivity index (χ2v) is 6.27. The molecule has 0 spiro atoms. The number of nitrogens with zero attached hydrogens (tertiary/aromatic N) is 1. The molecule has 0 saturated carbocycles. The SMILES string of the molecule is CC1CCCN(CCC(=O)Nc2ccc(Br)cc2)C1.[Cl-]. The van der Waals surface area contributed by atoms with Crippen molar-refractivity contribution >= 4 is 27.5 Å². The van der Waals surface area contributed by atoms with E-state index in [2.05, 4.69) is 33.1 Å². The molecule has 2 rings (SSSR count). The molecule has 0 bridgehead atoms. The Bertz CT molecular complexity index is 424. The fraction of sp³-hybridized carbons (Fsp3) is 0.533. The molecule has 0 radical (unpaired) electrons. The van der Waals surface area contributed by atoms with Crippen molar-refractivity contribution in [1.29, 1.82) is 0 Å². The predicted molar refractivity (Wildman–Crippen MR) is 82.2 cm³/mol. The summed E-state index contributed by atoms with van der Waals surface area (Å²) in [6.07, 6.45) is 3.15. The van der Waals surface area contributed by atoms with Crippen LogP contribution in [0.15, 0.2) is 28.7 Å². The predicted octanol–water partition coefficient (Wildman–Crippen LogP) is 0.514. The van der Waals surface area contributed by atoms with Gasteiger partial charge in [0.1, 0.15) is 0 Å². The lowest BCUT2D eigenvalue weighted by atomic mass is 10.0. The summed E-state index contributed by atoms with van der Waals surface area (Å²) in [6.45, 7) is 5.42. The number of likely N-dealkylation sites (tertiary alicyclic amines) is 1. The number of benzene rings is 1. The van der Waals surface area contributed by atoms with Crippen LogP contribution in [0.1, 0.15) is 26.2 Å². The number of carbonyl (C=O) groups is 1. The third-order valence-corrected chi connectivity index (χ3v) is 4.05. The zero-order valence-electron chi connectivity index (χ0n) is 11.7. The van der Waals surface area contributed by atoms with Crippen molar-refractivity contribution in [3.05, 3.63) is 28.7 Å². The van der Waals surface area contributed by atoms with Gasteiger partial charge in [-0.25, -0.2) is 0 Å². The summed E-state index contributed by atoms with van der Waals surface area (Å²) in [5, 5.41) is 2.93. The molecule has 1 unspecified atom stereocenters. The van der Waals surface area contributed by atoms with Crippen LogP contribution in [-0.4, -0.2) is 30.4 Å². The molecule has 5 heteroatoms. The molecule has 1 fully saturated rings. The average Bonchev–Trinajstić information content (AvgIpc) is 2.39. The molecule has 0 aromatic heterocycles. The summed E-state index contributed by atoms with van der Waals surface area (Å²) in [6, 6.07) is 7.68. The van der Waals surface area contributed by atoms with E-state index in [1.807, 2.05) is 24.3 Å². The molecule has 112 valence electrons. The van der Waals surface area contributed by atoms with Crippen LogP contribution in [0, 0.1) is 5.92 Å². The number of halogens is 2. The first-order valence-corrected chi connectivity index (χ1v) is 7.70. The van der Waals surface area contributed by atoms with Gasteiger partial charge >= 0.3 is 0 Å². The standard InChI is InChI=1S/C15H21BrN2O.ClH/c1-12-3-2-9-18(11-12)10-8-15(19)17-14-6-4-13(16)5-7-14;/h4-7,12H,2-3,8-11H2,1H3,(H,17,19);1H/p-1. The fourth-order valence-electron chi connectivity index (χ4n) is 2.51. The second-order valence-electron chi connectivity index (χ2n) is 5.35. The minimum Gasteiger partial charge on any atom is -1.00 e. The largest absolute Gasteiger partial charge is 1.00 e. The summed E-state index contributed by atoms with van der Waals surface area (Å²) >= 11 is 3.38. The average molecular weight is 361 g/mol. The number of piperidine rings is 1. The van der Waals surface area contributed by atoms with Crippen molar-refractivity contribution in [2.45, 2.75) is 26.2 Å². The van der Waals surface area contributed by atoms with Crippen molar-refractivity contribution in [1.82, 2.24) is 4.90 Å².